The smallest absolute Gasteiger partial charge is 0.263 e. The molecule has 1 aromatic rings. The van der Waals surface area contributed by atoms with E-state index in [9.17, 15) is 14.7 Å². The second-order valence-electron chi connectivity index (χ2n) is 3.80. The largest absolute Gasteiger partial charge is 0.373 e. The Morgan fingerprint density at radius 2 is 1.69 bits per heavy atom. The lowest BCUT2D eigenvalue weighted by Crippen LogP contribution is -2.39. The van der Waals surface area contributed by atoms with Gasteiger partial charge >= 0.3 is 0 Å². The third kappa shape index (κ3) is 1.51. The van der Waals surface area contributed by atoms with E-state index in [4.69, 9.17) is 0 Å². The molecule has 1 heterocycles. The summed E-state index contributed by atoms with van der Waals surface area (Å²) in [6.07, 6.45) is 0.109. The zero-order chi connectivity index (χ0) is 11.7. The van der Waals surface area contributed by atoms with E-state index in [1.165, 1.54) is 0 Å². The molecule has 1 unspecified atom stereocenters. The number of fused-ring (bicyclic) bond motifs is 1. The van der Waals surface area contributed by atoms with Crippen molar-refractivity contribution in [3.05, 3.63) is 35.4 Å². The topological polar surface area (TPSA) is 57.6 Å². The van der Waals surface area contributed by atoms with Gasteiger partial charge in [-0.05, 0) is 18.6 Å². The molecule has 84 valence electrons. The fourth-order valence-electron chi connectivity index (χ4n) is 1.87. The van der Waals surface area contributed by atoms with Gasteiger partial charge in [-0.3, -0.25) is 9.59 Å². The number of benzene rings is 1. The predicted octanol–water partition coefficient (Wildman–Crippen LogP) is 1.40. The third-order valence-corrected chi connectivity index (χ3v) is 2.67. The van der Waals surface area contributed by atoms with Crippen LogP contribution in [0.25, 0.3) is 0 Å². The number of imide groups is 1. The number of amides is 2. The summed E-state index contributed by atoms with van der Waals surface area (Å²) in [5.74, 6) is -0.803. The monoisotopic (exact) mass is 219 g/mol. The maximum Gasteiger partial charge on any atom is 0.263 e. The van der Waals surface area contributed by atoms with E-state index in [0.717, 1.165) is 4.90 Å². The van der Waals surface area contributed by atoms with Gasteiger partial charge < -0.3 is 5.11 Å². The summed E-state index contributed by atoms with van der Waals surface area (Å²) in [5.41, 5.74) is 0.755. The third-order valence-electron chi connectivity index (χ3n) is 2.67. The standard InChI is InChI=1S/C12H13NO3/c1-2-5-10(14)13-11(15)8-6-3-4-7-9(8)12(13)16/h3-4,6-7,10,14H,2,5H2,1H3. The molecule has 1 aliphatic rings. The van der Waals surface area contributed by atoms with Gasteiger partial charge in [0.1, 0.15) is 6.23 Å². The summed E-state index contributed by atoms with van der Waals surface area (Å²) in [7, 11) is 0. The van der Waals surface area contributed by atoms with Crippen molar-refractivity contribution in [2.75, 3.05) is 0 Å². The molecule has 0 bridgehead atoms. The highest BCUT2D eigenvalue weighted by atomic mass is 16.3. The van der Waals surface area contributed by atoms with E-state index in [2.05, 4.69) is 0 Å². The molecule has 0 fully saturated rings. The maximum atomic E-state index is 11.9. The van der Waals surface area contributed by atoms with Crippen LogP contribution in [0.15, 0.2) is 24.3 Å². The summed E-state index contributed by atoms with van der Waals surface area (Å²) < 4.78 is 0. The Balaban J connectivity index is 2.35. The molecule has 4 heteroatoms. The van der Waals surface area contributed by atoms with Crippen molar-refractivity contribution in [1.82, 2.24) is 4.90 Å². The van der Waals surface area contributed by atoms with Crippen molar-refractivity contribution in [3.63, 3.8) is 0 Å². The van der Waals surface area contributed by atoms with Gasteiger partial charge in [0, 0.05) is 0 Å². The van der Waals surface area contributed by atoms with Gasteiger partial charge in [-0.1, -0.05) is 25.5 Å². The molecule has 0 saturated carbocycles. The van der Waals surface area contributed by atoms with Crippen LogP contribution < -0.4 is 0 Å². The Kier molecular flexibility index (Phi) is 2.75. The van der Waals surface area contributed by atoms with Crippen LogP contribution in [-0.4, -0.2) is 28.0 Å². The molecule has 2 amide bonds. The van der Waals surface area contributed by atoms with E-state index in [0.29, 0.717) is 24.0 Å². The van der Waals surface area contributed by atoms with Crippen molar-refractivity contribution in [2.24, 2.45) is 0 Å². The molecular formula is C12H13NO3. The minimum atomic E-state index is -1.02. The molecule has 0 saturated heterocycles. The van der Waals surface area contributed by atoms with Gasteiger partial charge in [0.15, 0.2) is 0 Å². The first-order valence-electron chi connectivity index (χ1n) is 5.31. The van der Waals surface area contributed by atoms with Gasteiger partial charge in [0.05, 0.1) is 11.1 Å². The van der Waals surface area contributed by atoms with Gasteiger partial charge in [-0.2, -0.15) is 0 Å². The lowest BCUT2D eigenvalue weighted by atomic mass is 10.1. The lowest BCUT2D eigenvalue weighted by Gasteiger charge is -2.20. The predicted molar refractivity (Wildman–Crippen MR) is 57.9 cm³/mol. The van der Waals surface area contributed by atoms with Crippen molar-refractivity contribution >= 4 is 11.8 Å². The minimum Gasteiger partial charge on any atom is -0.373 e. The molecule has 0 aliphatic carbocycles. The number of nitrogens with zero attached hydrogens (tertiary/aromatic N) is 1. The highest BCUT2D eigenvalue weighted by Crippen LogP contribution is 2.24. The number of aliphatic hydroxyl groups is 1. The fourth-order valence-corrected chi connectivity index (χ4v) is 1.87. The van der Waals surface area contributed by atoms with Crippen LogP contribution >= 0.6 is 0 Å². The quantitative estimate of drug-likeness (QED) is 0.782. The van der Waals surface area contributed by atoms with Crippen LogP contribution in [0, 0.1) is 0 Å². The van der Waals surface area contributed by atoms with Crippen molar-refractivity contribution < 1.29 is 14.7 Å². The van der Waals surface area contributed by atoms with Crippen molar-refractivity contribution in [3.8, 4) is 0 Å². The summed E-state index contributed by atoms with van der Waals surface area (Å²) in [6.45, 7) is 1.89. The first-order chi connectivity index (χ1) is 7.66. The van der Waals surface area contributed by atoms with Gasteiger partial charge in [0.25, 0.3) is 11.8 Å². The van der Waals surface area contributed by atoms with E-state index >= 15 is 0 Å². The van der Waals surface area contributed by atoms with Crippen LogP contribution in [0.5, 0.6) is 0 Å². The molecular weight excluding hydrogens is 206 g/mol. The Bertz CT molecular complexity index is 407. The minimum absolute atomic E-state index is 0.377. The van der Waals surface area contributed by atoms with E-state index in [-0.39, 0.29) is 0 Å². The van der Waals surface area contributed by atoms with Crippen LogP contribution in [0.3, 0.4) is 0 Å². The van der Waals surface area contributed by atoms with Crippen molar-refractivity contribution in [2.45, 2.75) is 26.0 Å². The molecule has 1 N–H and O–H groups in total. The number of carbonyl (C=O) groups is 2. The van der Waals surface area contributed by atoms with Crippen LogP contribution in [-0.2, 0) is 0 Å². The van der Waals surface area contributed by atoms with E-state index < -0.39 is 18.0 Å². The summed E-state index contributed by atoms with van der Waals surface area (Å²) in [6, 6.07) is 6.63. The molecule has 0 radical (unpaired) electrons. The average molecular weight is 219 g/mol. The Morgan fingerprint density at radius 3 is 2.12 bits per heavy atom. The Hall–Kier alpha value is -1.68. The van der Waals surface area contributed by atoms with Gasteiger partial charge in [0.2, 0.25) is 0 Å². The normalized spacial score (nSPS) is 16.5. The van der Waals surface area contributed by atoms with Crippen LogP contribution in [0.1, 0.15) is 40.5 Å². The zero-order valence-corrected chi connectivity index (χ0v) is 9.01. The molecule has 16 heavy (non-hydrogen) atoms. The van der Waals surface area contributed by atoms with Crippen LogP contribution in [0.4, 0.5) is 0 Å². The number of aliphatic hydroxyl groups excluding tert-OH is 1. The summed E-state index contributed by atoms with van der Waals surface area (Å²) in [5, 5.41) is 9.75. The molecule has 1 atom stereocenters. The van der Waals surface area contributed by atoms with E-state index in [1.54, 1.807) is 24.3 Å². The summed E-state index contributed by atoms with van der Waals surface area (Å²) in [4.78, 5) is 24.7. The highest BCUT2D eigenvalue weighted by Gasteiger charge is 2.38. The second-order valence-corrected chi connectivity index (χ2v) is 3.80. The number of hydrogen-bond acceptors (Lipinski definition) is 3. The fraction of sp³-hybridized carbons (Fsp3) is 0.333. The Morgan fingerprint density at radius 1 is 1.19 bits per heavy atom. The van der Waals surface area contributed by atoms with Crippen molar-refractivity contribution in [1.29, 1.82) is 0 Å². The number of rotatable bonds is 3. The SMILES string of the molecule is CCCC(O)N1C(=O)c2ccccc2C1=O. The van der Waals surface area contributed by atoms with Gasteiger partial charge in [-0.15, -0.1) is 0 Å². The van der Waals surface area contributed by atoms with Crippen LogP contribution in [0.2, 0.25) is 0 Å². The van der Waals surface area contributed by atoms with E-state index in [1.807, 2.05) is 6.92 Å². The number of hydrogen-bond donors (Lipinski definition) is 1. The average Bonchev–Trinajstić information content (AvgIpc) is 2.53. The molecule has 0 aromatic heterocycles. The number of carbonyl (C=O) groups excluding carboxylic acids is 2. The Labute approximate surface area is 93.5 Å². The highest BCUT2D eigenvalue weighted by molar-refractivity contribution is 6.21. The molecule has 1 aromatic carbocycles. The molecule has 2 rings (SSSR count). The maximum absolute atomic E-state index is 11.9. The second kappa shape index (κ2) is 4.06. The first kappa shape index (κ1) is 10.8. The molecule has 0 spiro atoms. The lowest BCUT2D eigenvalue weighted by molar-refractivity contribution is 0.0104. The zero-order valence-electron chi connectivity index (χ0n) is 9.01. The molecule has 4 nitrogen and oxygen atoms in total. The summed E-state index contributed by atoms with van der Waals surface area (Å²) >= 11 is 0. The molecule has 1 aliphatic heterocycles. The first-order valence-corrected chi connectivity index (χ1v) is 5.31. The van der Waals surface area contributed by atoms with Gasteiger partial charge in [-0.25, -0.2) is 4.90 Å².